The lowest BCUT2D eigenvalue weighted by atomic mass is 9.84. The Kier molecular flexibility index (Phi) is 4.17. The predicted molar refractivity (Wildman–Crippen MR) is 96.4 cm³/mol. The maximum absolute atomic E-state index is 12.7. The van der Waals surface area contributed by atoms with E-state index in [-0.39, 0.29) is 17.9 Å². The van der Waals surface area contributed by atoms with Gasteiger partial charge in [0.2, 0.25) is 5.91 Å². The summed E-state index contributed by atoms with van der Waals surface area (Å²) in [6, 6.07) is 9.38. The number of rotatable bonds is 4. The number of nitrogens with one attached hydrogen (secondary N) is 1. The number of carbonyl (C=O) groups is 1. The average Bonchev–Trinajstić information content (AvgIpc) is 3.19. The first-order chi connectivity index (χ1) is 12.1. The molecular formula is C20H23N3O2. The average molecular weight is 337 g/mol. The van der Waals surface area contributed by atoms with E-state index in [0.29, 0.717) is 17.6 Å². The van der Waals surface area contributed by atoms with Crippen molar-refractivity contribution in [3.05, 3.63) is 48.3 Å². The third kappa shape index (κ3) is 3.12. The highest BCUT2D eigenvalue weighted by molar-refractivity contribution is 5.93. The molecular weight excluding hydrogens is 314 g/mol. The molecule has 0 spiro atoms. The summed E-state index contributed by atoms with van der Waals surface area (Å²) in [4.78, 5) is 16.7. The summed E-state index contributed by atoms with van der Waals surface area (Å²) in [5.41, 5.74) is 8.02. The lowest BCUT2D eigenvalue weighted by Gasteiger charge is -2.27. The Morgan fingerprint density at radius 1 is 1.28 bits per heavy atom. The van der Waals surface area contributed by atoms with Crippen LogP contribution in [0.2, 0.25) is 0 Å². The number of aromatic nitrogens is 1. The molecule has 1 aromatic heterocycles. The Bertz CT molecular complexity index is 776. The summed E-state index contributed by atoms with van der Waals surface area (Å²) in [6.07, 6.45) is 6.79. The molecule has 4 rings (SSSR count). The zero-order valence-electron chi connectivity index (χ0n) is 14.3. The minimum Gasteiger partial charge on any atom is -0.455 e. The molecule has 2 fully saturated rings. The lowest BCUT2D eigenvalue weighted by molar-refractivity contribution is -0.121. The van der Waals surface area contributed by atoms with Crippen molar-refractivity contribution in [3.8, 4) is 11.5 Å². The SMILES string of the molecule is Cc1cc(NC(=O)C2C3CCC(C3)C2N)ccc1Oc1cccnc1. The number of pyridine rings is 1. The van der Waals surface area contributed by atoms with Gasteiger partial charge in [0.1, 0.15) is 11.5 Å². The van der Waals surface area contributed by atoms with Crippen LogP contribution in [0.4, 0.5) is 5.69 Å². The maximum Gasteiger partial charge on any atom is 0.229 e. The van der Waals surface area contributed by atoms with Crippen LogP contribution in [0.5, 0.6) is 11.5 Å². The van der Waals surface area contributed by atoms with Gasteiger partial charge in [-0.15, -0.1) is 0 Å². The van der Waals surface area contributed by atoms with Crippen LogP contribution in [0.15, 0.2) is 42.7 Å². The first-order valence-corrected chi connectivity index (χ1v) is 8.87. The second-order valence-corrected chi connectivity index (χ2v) is 7.20. The van der Waals surface area contributed by atoms with E-state index in [0.717, 1.165) is 29.8 Å². The van der Waals surface area contributed by atoms with Crippen LogP contribution in [0, 0.1) is 24.7 Å². The molecule has 4 unspecified atom stereocenters. The molecule has 1 heterocycles. The van der Waals surface area contributed by atoms with E-state index in [9.17, 15) is 4.79 Å². The number of carbonyl (C=O) groups excluding carboxylic acids is 1. The number of nitrogens with zero attached hydrogens (tertiary/aromatic N) is 1. The number of nitrogens with two attached hydrogens (primary N) is 1. The highest BCUT2D eigenvalue weighted by Crippen LogP contribution is 2.48. The summed E-state index contributed by atoms with van der Waals surface area (Å²) in [5.74, 6) is 2.43. The molecule has 1 amide bonds. The van der Waals surface area contributed by atoms with Gasteiger partial charge < -0.3 is 15.8 Å². The summed E-state index contributed by atoms with van der Waals surface area (Å²) < 4.78 is 5.83. The minimum atomic E-state index is -0.0506. The van der Waals surface area contributed by atoms with Crippen molar-refractivity contribution in [2.45, 2.75) is 32.2 Å². The zero-order chi connectivity index (χ0) is 17.4. The predicted octanol–water partition coefficient (Wildman–Crippen LogP) is 3.49. The molecule has 2 bridgehead atoms. The third-order valence-electron chi connectivity index (χ3n) is 5.59. The normalized spacial score (nSPS) is 27.3. The van der Waals surface area contributed by atoms with E-state index >= 15 is 0 Å². The van der Waals surface area contributed by atoms with Crippen LogP contribution < -0.4 is 15.8 Å². The van der Waals surface area contributed by atoms with E-state index in [1.54, 1.807) is 12.4 Å². The fourth-order valence-electron chi connectivity index (χ4n) is 4.33. The Morgan fingerprint density at radius 2 is 2.12 bits per heavy atom. The molecule has 0 aliphatic heterocycles. The van der Waals surface area contributed by atoms with Crippen molar-refractivity contribution < 1.29 is 9.53 Å². The molecule has 2 aliphatic carbocycles. The molecule has 0 radical (unpaired) electrons. The molecule has 0 saturated heterocycles. The Balaban J connectivity index is 1.45. The number of aryl methyl sites for hydroxylation is 1. The van der Waals surface area contributed by atoms with Gasteiger partial charge in [0.15, 0.2) is 0 Å². The maximum atomic E-state index is 12.7. The third-order valence-corrected chi connectivity index (χ3v) is 5.59. The van der Waals surface area contributed by atoms with Gasteiger partial charge in [0.05, 0.1) is 12.1 Å². The van der Waals surface area contributed by atoms with Crippen LogP contribution >= 0.6 is 0 Å². The lowest BCUT2D eigenvalue weighted by Crippen LogP contribution is -2.42. The van der Waals surface area contributed by atoms with Crippen molar-refractivity contribution in [1.29, 1.82) is 0 Å². The van der Waals surface area contributed by atoms with E-state index in [4.69, 9.17) is 10.5 Å². The van der Waals surface area contributed by atoms with Crippen molar-refractivity contribution in [2.75, 3.05) is 5.32 Å². The van der Waals surface area contributed by atoms with Gasteiger partial charge in [-0.3, -0.25) is 9.78 Å². The fourth-order valence-corrected chi connectivity index (χ4v) is 4.33. The zero-order valence-corrected chi connectivity index (χ0v) is 14.3. The van der Waals surface area contributed by atoms with Crippen molar-refractivity contribution in [2.24, 2.45) is 23.5 Å². The quantitative estimate of drug-likeness (QED) is 0.895. The van der Waals surface area contributed by atoms with Gasteiger partial charge in [-0.2, -0.15) is 0 Å². The number of ether oxygens (including phenoxy) is 1. The molecule has 5 heteroatoms. The number of fused-ring (bicyclic) bond motifs is 2. The van der Waals surface area contributed by atoms with Crippen molar-refractivity contribution in [3.63, 3.8) is 0 Å². The number of benzene rings is 1. The van der Waals surface area contributed by atoms with E-state index in [1.807, 2.05) is 37.3 Å². The summed E-state index contributed by atoms with van der Waals surface area (Å²) in [5, 5.41) is 3.04. The second kappa shape index (κ2) is 6.48. The molecule has 2 aromatic rings. The topological polar surface area (TPSA) is 77.2 Å². The number of anilines is 1. The molecule has 5 nitrogen and oxygen atoms in total. The van der Waals surface area contributed by atoms with Crippen LogP contribution in [0.25, 0.3) is 0 Å². The number of amides is 1. The Labute approximate surface area is 147 Å². The van der Waals surface area contributed by atoms with Crippen molar-refractivity contribution in [1.82, 2.24) is 4.98 Å². The second-order valence-electron chi connectivity index (χ2n) is 7.20. The van der Waals surface area contributed by atoms with Gasteiger partial charge in [-0.1, -0.05) is 0 Å². The Hall–Kier alpha value is -2.40. The van der Waals surface area contributed by atoms with E-state index in [1.165, 1.54) is 6.42 Å². The molecule has 2 aliphatic rings. The largest absolute Gasteiger partial charge is 0.455 e. The number of hydrogen-bond acceptors (Lipinski definition) is 4. The monoisotopic (exact) mass is 337 g/mol. The summed E-state index contributed by atoms with van der Waals surface area (Å²) in [7, 11) is 0. The molecule has 25 heavy (non-hydrogen) atoms. The Morgan fingerprint density at radius 3 is 2.80 bits per heavy atom. The van der Waals surface area contributed by atoms with Crippen LogP contribution in [0.3, 0.4) is 0 Å². The van der Waals surface area contributed by atoms with E-state index < -0.39 is 0 Å². The molecule has 2 saturated carbocycles. The summed E-state index contributed by atoms with van der Waals surface area (Å²) >= 11 is 0. The van der Waals surface area contributed by atoms with Gasteiger partial charge in [-0.25, -0.2) is 0 Å². The number of hydrogen-bond donors (Lipinski definition) is 2. The molecule has 130 valence electrons. The van der Waals surface area contributed by atoms with E-state index in [2.05, 4.69) is 10.3 Å². The van der Waals surface area contributed by atoms with Crippen molar-refractivity contribution >= 4 is 11.6 Å². The van der Waals surface area contributed by atoms with Crippen LogP contribution in [-0.4, -0.2) is 16.9 Å². The standard InChI is InChI=1S/C20H23N3O2/c1-12-9-15(6-7-17(12)25-16-3-2-8-22-11-16)23-20(24)18-13-4-5-14(10-13)19(18)21/h2-3,6-9,11,13-14,18-19H,4-5,10,21H2,1H3,(H,23,24). The first-order valence-electron chi connectivity index (χ1n) is 8.87. The van der Waals surface area contributed by atoms with Gasteiger partial charge in [0.25, 0.3) is 0 Å². The minimum absolute atomic E-state index is 0.00744. The highest BCUT2D eigenvalue weighted by atomic mass is 16.5. The molecule has 1 aromatic carbocycles. The first kappa shape index (κ1) is 16.1. The van der Waals surface area contributed by atoms with Gasteiger partial charge >= 0.3 is 0 Å². The van der Waals surface area contributed by atoms with Crippen LogP contribution in [0.1, 0.15) is 24.8 Å². The van der Waals surface area contributed by atoms with Gasteiger partial charge in [-0.05, 0) is 73.9 Å². The highest BCUT2D eigenvalue weighted by Gasteiger charge is 2.49. The molecule has 4 atom stereocenters. The van der Waals surface area contributed by atoms with Gasteiger partial charge in [0, 0.05) is 17.9 Å². The molecule has 3 N–H and O–H groups in total. The smallest absolute Gasteiger partial charge is 0.229 e. The summed E-state index contributed by atoms with van der Waals surface area (Å²) in [6.45, 7) is 1.96. The fraction of sp³-hybridized carbons (Fsp3) is 0.400. The van der Waals surface area contributed by atoms with Crippen LogP contribution in [-0.2, 0) is 4.79 Å².